The molecule has 0 amide bonds. The second kappa shape index (κ2) is 4.53. The van der Waals surface area contributed by atoms with Crippen molar-refractivity contribution in [3.8, 4) is 0 Å². The van der Waals surface area contributed by atoms with Gasteiger partial charge >= 0.3 is 0 Å². The number of benzene rings is 1. The number of rotatable bonds is 1. The molecular formula is C13H14F2N2S. The minimum atomic E-state index is -0.452. The Morgan fingerprint density at radius 1 is 1.22 bits per heavy atom. The number of aliphatic imine (C=N–C) groups is 1. The van der Waals surface area contributed by atoms with Crippen LogP contribution in [0.3, 0.4) is 0 Å². The molecule has 1 N–H and O–H groups in total. The van der Waals surface area contributed by atoms with Crippen molar-refractivity contribution in [3.63, 3.8) is 0 Å². The van der Waals surface area contributed by atoms with Gasteiger partial charge in [-0.15, -0.1) is 0 Å². The Balaban J connectivity index is 1.79. The summed E-state index contributed by atoms with van der Waals surface area (Å²) in [7, 11) is 0. The van der Waals surface area contributed by atoms with Gasteiger partial charge in [0.15, 0.2) is 5.17 Å². The van der Waals surface area contributed by atoms with Crippen LogP contribution in [-0.4, -0.2) is 16.5 Å². The maximum Gasteiger partial charge on any atom is 0.161 e. The fraction of sp³-hybridized carbons (Fsp3) is 0.462. The monoisotopic (exact) mass is 268 g/mol. The van der Waals surface area contributed by atoms with Gasteiger partial charge in [-0.25, -0.2) is 8.78 Å². The summed E-state index contributed by atoms with van der Waals surface area (Å²) in [6.45, 7) is 0. The molecule has 1 heterocycles. The van der Waals surface area contributed by atoms with E-state index in [0.29, 0.717) is 5.17 Å². The van der Waals surface area contributed by atoms with Crippen molar-refractivity contribution in [1.82, 2.24) is 0 Å². The van der Waals surface area contributed by atoms with E-state index < -0.39 is 11.6 Å². The fourth-order valence-electron chi connectivity index (χ4n) is 2.54. The predicted molar refractivity (Wildman–Crippen MR) is 71.1 cm³/mol. The second-order valence-electron chi connectivity index (χ2n) is 4.89. The molecule has 3 rings (SSSR count). The molecule has 1 aromatic rings. The molecule has 2 aliphatic rings. The topological polar surface area (TPSA) is 24.4 Å². The van der Waals surface area contributed by atoms with E-state index in [9.17, 15) is 8.78 Å². The number of hydrogen-bond acceptors (Lipinski definition) is 3. The molecule has 0 saturated heterocycles. The van der Waals surface area contributed by atoms with Crippen LogP contribution in [0.4, 0.5) is 14.5 Å². The van der Waals surface area contributed by atoms with Crippen molar-refractivity contribution < 1.29 is 8.78 Å². The summed E-state index contributed by atoms with van der Waals surface area (Å²) in [5.41, 5.74) is 0.216. The van der Waals surface area contributed by atoms with E-state index in [4.69, 9.17) is 0 Å². The van der Waals surface area contributed by atoms with Crippen LogP contribution in [0.5, 0.6) is 0 Å². The maximum absolute atomic E-state index is 13.5. The van der Waals surface area contributed by atoms with Gasteiger partial charge in [-0.2, -0.15) is 0 Å². The molecule has 0 unspecified atom stereocenters. The summed E-state index contributed by atoms with van der Waals surface area (Å²) >= 11 is 1.60. The highest BCUT2D eigenvalue weighted by molar-refractivity contribution is 8.14. The van der Waals surface area contributed by atoms with Crippen molar-refractivity contribution in [2.75, 3.05) is 11.1 Å². The van der Waals surface area contributed by atoms with E-state index >= 15 is 0 Å². The Labute approximate surface area is 109 Å². The lowest BCUT2D eigenvalue weighted by atomic mass is 10.0. The Hall–Kier alpha value is -1.10. The number of hydrogen-bond donors (Lipinski definition) is 1. The minimum Gasteiger partial charge on any atom is -0.332 e. The Morgan fingerprint density at radius 2 is 2.00 bits per heavy atom. The molecular weight excluding hydrogens is 254 g/mol. The molecule has 5 heteroatoms. The van der Waals surface area contributed by atoms with Gasteiger partial charge in [-0.1, -0.05) is 24.6 Å². The van der Waals surface area contributed by atoms with Crippen molar-refractivity contribution in [2.24, 2.45) is 4.99 Å². The average Bonchev–Trinajstić information content (AvgIpc) is 2.95. The highest BCUT2D eigenvalue weighted by Gasteiger charge is 2.38. The molecule has 1 aromatic carbocycles. The van der Waals surface area contributed by atoms with Crippen LogP contribution in [0.1, 0.15) is 25.7 Å². The van der Waals surface area contributed by atoms with E-state index in [1.807, 2.05) is 0 Å². The summed E-state index contributed by atoms with van der Waals surface area (Å²) in [4.78, 5) is 4.66. The summed E-state index contributed by atoms with van der Waals surface area (Å²) in [6.07, 6.45) is 4.64. The lowest BCUT2D eigenvalue weighted by molar-refractivity contribution is 0.508. The molecule has 2 nitrogen and oxygen atoms in total. The third-order valence-corrected chi connectivity index (χ3v) is 4.67. The van der Waals surface area contributed by atoms with Crippen LogP contribution in [0, 0.1) is 11.6 Å². The van der Waals surface area contributed by atoms with E-state index in [-0.39, 0.29) is 11.2 Å². The standard InChI is InChI=1S/C13H14F2N2S/c14-9-3-4-10(15)11(7-9)16-12-17-13(8-18-12)5-1-2-6-13/h3-4,7H,1-2,5-6,8H2,(H,16,17). The quantitative estimate of drug-likeness (QED) is 0.838. The second-order valence-corrected chi connectivity index (χ2v) is 5.85. The van der Waals surface area contributed by atoms with Crippen molar-refractivity contribution in [3.05, 3.63) is 29.8 Å². The molecule has 1 saturated carbocycles. The summed E-state index contributed by atoms with van der Waals surface area (Å²) in [6, 6.07) is 3.41. The van der Waals surface area contributed by atoms with Gasteiger partial charge in [0.05, 0.1) is 11.2 Å². The first-order chi connectivity index (χ1) is 8.67. The SMILES string of the molecule is Fc1ccc(F)c(NC2=NC3(CCCC3)CS2)c1. The average molecular weight is 268 g/mol. The molecule has 0 atom stereocenters. The predicted octanol–water partition coefficient (Wildman–Crippen LogP) is 3.79. The molecule has 0 aromatic heterocycles. The lowest BCUT2D eigenvalue weighted by Gasteiger charge is -2.16. The number of amidine groups is 1. The van der Waals surface area contributed by atoms with E-state index in [2.05, 4.69) is 10.3 Å². The number of anilines is 1. The first-order valence-electron chi connectivity index (χ1n) is 6.12. The van der Waals surface area contributed by atoms with Gasteiger partial charge in [0.1, 0.15) is 11.6 Å². The Kier molecular flexibility index (Phi) is 3.01. The maximum atomic E-state index is 13.5. The van der Waals surface area contributed by atoms with Gasteiger partial charge in [-0.05, 0) is 25.0 Å². The normalized spacial score (nSPS) is 21.3. The Morgan fingerprint density at radius 3 is 2.78 bits per heavy atom. The van der Waals surface area contributed by atoms with Gasteiger partial charge in [-0.3, -0.25) is 4.99 Å². The van der Waals surface area contributed by atoms with Crippen molar-refractivity contribution >= 4 is 22.6 Å². The zero-order chi connectivity index (χ0) is 12.6. The zero-order valence-electron chi connectivity index (χ0n) is 9.88. The van der Waals surface area contributed by atoms with E-state index in [0.717, 1.165) is 36.8 Å². The van der Waals surface area contributed by atoms with Crippen LogP contribution in [0.15, 0.2) is 23.2 Å². The van der Waals surface area contributed by atoms with Gasteiger partial charge in [0.2, 0.25) is 0 Å². The van der Waals surface area contributed by atoms with Crippen LogP contribution in [-0.2, 0) is 0 Å². The van der Waals surface area contributed by atoms with Gasteiger partial charge < -0.3 is 5.32 Å². The molecule has 1 aliphatic heterocycles. The van der Waals surface area contributed by atoms with Crippen molar-refractivity contribution in [2.45, 2.75) is 31.2 Å². The minimum absolute atomic E-state index is 0.0524. The molecule has 1 fully saturated rings. The van der Waals surface area contributed by atoms with E-state index in [1.54, 1.807) is 11.8 Å². The molecule has 1 aliphatic carbocycles. The first-order valence-corrected chi connectivity index (χ1v) is 7.10. The van der Waals surface area contributed by atoms with Gasteiger partial charge in [0.25, 0.3) is 0 Å². The van der Waals surface area contributed by atoms with Gasteiger partial charge in [0, 0.05) is 11.8 Å². The summed E-state index contributed by atoms with van der Waals surface area (Å²) in [5, 5.41) is 3.61. The molecule has 0 bridgehead atoms. The molecule has 18 heavy (non-hydrogen) atoms. The van der Waals surface area contributed by atoms with E-state index in [1.165, 1.54) is 12.8 Å². The summed E-state index contributed by atoms with van der Waals surface area (Å²) in [5.74, 6) is 0.0527. The number of nitrogens with one attached hydrogen (secondary N) is 1. The van der Waals surface area contributed by atoms with Crippen molar-refractivity contribution in [1.29, 1.82) is 0 Å². The first kappa shape index (κ1) is 12.0. The van der Waals surface area contributed by atoms with Crippen LogP contribution in [0.25, 0.3) is 0 Å². The number of nitrogens with zero attached hydrogens (tertiary/aromatic N) is 1. The molecule has 1 spiro atoms. The summed E-state index contributed by atoms with van der Waals surface area (Å²) < 4.78 is 26.6. The molecule has 96 valence electrons. The van der Waals surface area contributed by atoms with Crippen LogP contribution < -0.4 is 5.32 Å². The smallest absolute Gasteiger partial charge is 0.161 e. The molecule has 0 radical (unpaired) electrons. The zero-order valence-corrected chi connectivity index (χ0v) is 10.7. The third-order valence-electron chi connectivity index (χ3n) is 3.52. The van der Waals surface area contributed by atoms with Crippen LogP contribution in [0.2, 0.25) is 0 Å². The largest absolute Gasteiger partial charge is 0.332 e. The number of halogens is 2. The highest BCUT2D eigenvalue weighted by Crippen LogP contribution is 2.41. The Bertz CT molecular complexity index is 496. The lowest BCUT2D eigenvalue weighted by Crippen LogP contribution is -2.21. The fourth-order valence-corrected chi connectivity index (χ4v) is 3.74. The highest BCUT2D eigenvalue weighted by atomic mass is 32.2. The van der Waals surface area contributed by atoms with Crippen LogP contribution >= 0.6 is 11.8 Å². The number of thioether (sulfide) groups is 1. The third kappa shape index (κ3) is 2.23.